The lowest BCUT2D eigenvalue weighted by Crippen LogP contribution is -2.41. The summed E-state index contributed by atoms with van der Waals surface area (Å²) in [6, 6.07) is 14.1. The Morgan fingerprint density at radius 3 is 2.43 bits per heavy atom. The molecule has 0 bridgehead atoms. The molecule has 6 nitrogen and oxygen atoms in total. The van der Waals surface area contributed by atoms with Crippen LogP contribution in [0.5, 0.6) is 5.75 Å². The number of ether oxygens (including phenoxy) is 1. The lowest BCUT2D eigenvalue weighted by atomic mass is 10.2. The number of hydrogen-bond donors (Lipinski definition) is 2. The second kappa shape index (κ2) is 6.38. The Balaban J connectivity index is 2.07. The predicted octanol–water partition coefficient (Wildman–Crippen LogP) is 1.32. The number of benzene rings is 2. The van der Waals surface area contributed by atoms with E-state index < -0.39 is 15.9 Å². The van der Waals surface area contributed by atoms with Crippen molar-refractivity contribution in [1.29, 1.82) is 0 Å². The largest absolute Gasteiger partial charge is 0.497 e. The molecular weight excluding hydrogens is 292 g/mol. The number of hydrogen-bond acceptors (Lipinski definition) is 4. The molecule has 7 heteroatoms. The third-order valence-electron chi connectivity index (χ3n) is 2.68. The van der Waals surface area contributed by atoms with Gasteiger partial charge in [-0.2, -0.15) is 0 Å². The number of sulfonamides is 1. The van der Waals surface area contributed by atoms with Gasteiger partial charge in [0.05, 0.1) is 12.0 Å². The summed E-state index contributed by atoms with van der Waals surface area (Å²) in [6.07, 6.45) is 0. The van der Waals surface area contributed by atoms with Crippen LogP contribution in [0.2, 0.25) is 0 Å². The van der Waals surface area contributed by atoms with Gasteiger partial charge >= 0.3 is 0 Å². The molecule has 0 unspecified atom stereocenters. The molecule has 0 aromatic heterocycles. The van der Waals surface area contributed by atoms with Gasteiger partial charge in [-0.05, 0) is 30.3 Å². The first kappa shape index (κ1) is 15.0. The molecule has 0 aliphatic rings. The molecule has 0 saturated carbocycles. The molecule has 0 saturated heterocycles. The number of amides is 1. The first-order valence-corrected chi connectivity index (χ1v) is 7.52. The zero-order valence-corrected chi connectivity index (χ0v) is 12.1. The van der Waals surface area contributed by atoms with E-state index in [1.165, 1.54) is 25.3 Å². The van der Waals surface area contributed by atoms with E-state index in [1.54, 1.807) is 36.4 Å². The number of rotatable bonds is 5. The van der Waals surface area contributed by atoms with E-state index in [2.05, 4.69) is 5.43 Å². The van der Waals surface area contributed by atoms with Gasteiger partial charge in [-0.15, -0.1) is 4.83 Å². The van der Waals surface area contributed by atoms with Gasteiger partial charge in [0, 0.05) is 5.56 Å². The Hall–Kier alpha value is -2.38. The lowest BCUT2D eigenvalue weighted by Gasteiger charge is -2.09. The Bertz CT molecular complexity index is 730. The second-order valence-corrected chi connectivity index (χ2v) is 5.79. The topological polar surface area (TPSA) is 84.5 Å². The minimum atomic E-state index is -3.79. The average Bonchev–Trinajstić information content (AvgIpc) is 2.53. The van der Waals surface area contributed by atoms with Crippen LogP contribution < -0.4 is 15.0 Å². The van der Waals surface area contributed by atoms with Gasteiger partial charge in [0.25, 0.3) is 15.9 Å². The van der Waals surface area contributed by atoms with Gasteiger partial charge in [0.1, 0.15) is 5.75 Å². The first-order chi connectivity index (χ1) is 10.0. The van der Waals surface area contributed by atoms with Crippen molar-refractivity contribution >= 4 is 15.9 Å². The molecule has 1 amide bonds. The molecule has 0 atom stereocenters. The molecule has 110 valence electrons. The monoisotopic (exact) mass is 306 g/mol. The molecule has 0 aliphatic heterocycles. The van der Waals surface area contributed by atoms with Gasteiger partial charge in [0.2, 0.25) is 0 Å². The fourth-order valence-corrected chi connectivity index (χ4v) is 2.47. The molecule has 0 spiro atoms. The third kappa shape index (κ3) is 3.80. The summed E-state index contributed by atoms with van der Waals surface area (Å²) in [7, 11) is -2.31. The maximum atomic E-state index is 11.9. The van der Waals surface area contributed by atoms with Gasteiger partial charge in [-0.25, -0.2) is 8.42 Å². The molecule has 2 rings (SSSR count). The molecule has 0 fully saturated rings. The fourth-order valence-electron chi connectivity index (χ4n) is 1.61. The first-order valence-electron chi connectivity index (χ1n) is 6.04. The highest BCUT2D eigenvalue weighted by Crippen LogP contribution is 2.12. The van der Waals surface area contributed by atoms with E-state index in [1.807, 2.05) is 4.83 Å². The minimum absolute atomic E-state index is 0.0657. The standard InChI is InChI=1S/C14H14N2O4S/c1-20-12-7-5-6-11(10-12)14(17)15-16-21(18,19)13-8-3-2-4-9-13/h2-10,16H,1H3,(H,15,17). The van der Waals surface area contributed by atoms with Gasteiger partial charge in [-0.1, -0.05) is 24.3 Å². The normalized spacial score (nSPS) is 10.9. The summed E-state index contributed by atoms with van der Waals surface area (Å²) in [6.45, 7) is 0. The summed E-state index contributed by atoms with van der Waals surface area (Å²) in [5.74, 6) is -0.0676. The Morgan fingerprint density at radius 2 is 1.76 bits per heavy atom. The summed E-state index contributed by atoms with van der Waals surface area (Å²) in [4.78, 5) is 14.0. The smallest absolute Gasteiger partial charge is 0.266 e. The maximum absolute atomic E-state index is 11.9. The summed E-state index contributed by atoms with van der Waals surface area (Å²) in [5.41, 5.74) is 2.44. The molecule has 0 heterocycles. The molecule has 2 aromatic rings. The predicted molar refractivity (Wildman–Crippen MR) is 77.2 cm³/mol. The van der Waals surface area contributed by atoms with Crippen LogP contribution in [-0.4, -0.2) is 21.4 Å². The van der Waals surface area contributed by atoms with Crippen LogP contribution in [0, 0.1) is 0 Å². The van der Waals surface area contributed by atoms with Crippen LogP contribution in [0.15, 0.2) is 59.5 Å². The van der Waals surface area contributed by atoms with Crippen molar-refractivity contribution in [1.82, 2.24) is 10.3 Å². The molecular formula is C14H14N2O4S. The van der Waals surface area contributed by atoms with Crippen LogP contribution in [0.1, 0.15) is 10.4 Å². The quantitative estimate of drug-likeness (QED) is 0.816. The van der Waals surface area contributed by atoms with Crippen LogP contribution in [0.4, 0.5) is 0 Å². The molecule has 0 radical (unpaired) electrons. The van der Waals surface area contributed by atoms with E-state index in [4.69, 9.17) is 4.74 Å². The van der Waals surface area contributed by atoms with Gasteiger partial charge < -0.3 is 4.74 Å². The van der Waals surface area contributed by atoms with Crippen molar-refractivity contribution in [3.63, 3.8) is 0 Å². The number of carbonyl (C=O) groups excluding carboxylic acids is 1. The average molecular weight is 306 g/mol. The van der Waals surface area contributed by atoms with E-state index >= 15 is 0 Å². The maximum Gasteiger partial charge on any atom is 0.266 e. The molecule has 2 N–H and O–H groups in total. The molecule has 0 aliphatic carbocycles. The van der Waals surface area contributed by atoms with Gasteiger partial charge in [-0.3, -0.25) is 10.2 Å². The number of carbonyl (C=O) groups is 1. The van der Waals surface area contributed by atoms with E-state index in [0.717, 1.165) is 0 Å². The number of hydrazine groups is 1. The van der Waals surface area contributed by atoms with Crippen molar-refractivity contribution < 1.29 is 17.9 Å². The van der Waals surface area contributed by atoms with Crippen molar-refractivity contribution in [2.75, 3.05) is 7.11 Å². The summed E-state index contributed by atoms with van der Waals surface area (Å²) < 4.78 is 28.9. The van der Waals surface area contributed by atoms with Crippen LogP contribution in [0.3, 0.4) is 0 Å². The lowest BCUT2D eigenvalue weighted by molar-refractivity contribution is 0.0945. The zero-order valence-electron chi connectivity index (χ0n) is 11.2. The van der Waals surface area contributed by atoms with Crippen molar-refractivity contribution in [3.05, 3.63) is 60.2 Å². The van der Waals surface area contributed by atoms with E-state index in [-0.39, 0.29) is 10.5 Å². The van der Waals surface area contributed by atoms with Crippen molar-refractivity contribution in [2.24, 2.45) is 0 Å². The highest BCUT2D eigenvalue weighted by Gasteiger charge is 2.15. The van der Waals surface area contributed by atoms with Crippen molar-refractivity contribution in [3.8, 4) is 5.75 Å². The molecule has 2 aromatic carbocycles. The highest BCUT2D eigenvalue weighted by molar-refractivity contribution is 7.89. The summed E-state index contributed by atoms with van der Waals surface area (Å²) in [5, 5.41) is 0. The Labute approximate surface area is 122 Å². The minimum Gasteiger partial charge on any atom is -0.497 e. The molecule has 21 heavy (non-hydrogen) atoms. The summed E-state index contributed by atoms with van der Waals surface area (Å²) >= 11 is 0. The van der Waals surface area contributed by atoms with Crippen LogP contribution in [-0.2, 0) is 10.0 Å². The number of methoxy groups -OCH3 is 1. The Morgan fingerprint density at radius 1 is 1.05 bits per heavy atom. The van der Waals surface area contributed by atoms with Crippen LogP contribution >= 0.6 is 0 Å². The number of nitrogens with one attached hydrogen (secondary N) is 2. The zero-order chi connectivity index (χ0) is 15.3. The highest BCUT2D eigenvalue weighted by atomic mass is 32.2. The second-order valence-electron chi connectivity index (χ2n) is 4.10. The SMILES string of the molecule is COc1cccc(C(=O)NNS(=O)(=O)c2ccccc2)c1. The van der Waals surface area contributed by atoms with E-state index in [9.17, 15) is 13.2 Å². The third-order valence-corrected chi connectivity index (χ3v) is 3.95. The Kier molecular flexibility index (Phi) is 4.56. The van der Waals surface area contributed by atoms with Crippen molar-refractivity contribution in [2.45, 2.75) is 4.90 Å². The van der Waals surface area contributed by atoms with Gasteiger partial charge in [0.15, 0.2) is 0 Å². The van der Waals surface area contributed by atoms with Crippen LogP contribution in [0.25, 0.3) is 0 Å². The van der Waals surface area contributed by atoms with E-state index in [0.29, 0.717) is 5.75 Å². The fraction of sp³-hybridized carbons (Fsp3) is 0.0714.